The first-order chi connectivity index (χ1) is 14.7. The number of amides is 1. The summed E-state index contributed by atoms with van der Waals surface area (Å²) in [5.74, 6) is -0.224. The second kappa shape index (κ2) is 9.90. The van der Waals surface area contributed by atoms with E-state index in [-0.39, 0.29) is 29.7 Å². The first kappa shape index (κ1) is 23.4. The van der Waals surface area contributed by atoms with Crippen molar-refractivity contribution in [2.45, 2.75) is 18.3 Å². The molecule has 0 bridgehead atoms. The monoisotopic (exact) mass is 465 g/mol. The molecular formula is C21H27N3O5S2. The maximum atomic E-state index is 13.1. The minimum Gasteiger partial charge on any atom is -0.350 e. The molecule has 2 aromatic carbocycles. The van der Waals surface area contributed by atoms with Gasteiger partial charge in [0.05, 0.1) is 17.3 Å². The first-order valence-corrected chi connectivity index (χ1v) is 13.4. The van der Waals surface area contributed by atoms with Gasteiger partial charge in [-0.1, -0.05) is 54.6 Å². The molecule has 1 saturated heterocycles. The minimum absolute atomic E-state index is 0.0423. The van der Waals surface area contributed by atoms with E-state index < -0.39 is 25.9 Å². The number of rotatable bonds is 8. The van der Waals surface area contributed by atoms with Gasteiger partial charge in [0.2, 0.25) is 15.9 Å². The molecule has 1 unspecified atom stereocenters. The van der Waals surface area contributed by atoms with Crippen molar-refractivity contribution in [1.29, 1.82) is 0 Å². The number of hydrogen-bond acceptors (Lipinski definition) is 6. The second-order valence-electron chi connectivity index (χ2n) is 7.50. The summed E-state index contributed by atoms with van der Waals surface area (Å²) in [5, 5.41) is 2.93. The van der Waals surface area contributed by atoms with Crippen LogP contribution in [0.2, 0.25) is 0 Å². The number of carbonyl (C=O) groups is 1. The number of carbonyl (C=O) groups excluding carboxylic acids is 1. The summed E-state index contributed by atoms with van der Waals surface area (Å²) in [6.45, 7) is 0.904. The molecule has 2 N–H and O–H groups in total. The third-order valence-corrected chi connectivity index (χ3v) is 8.21. The van der Waals surface area contributed by atoms with Gasteiger partial charge in [0.1, 0.15) is 6.04 Å². The average molecular weight is 466 g/mol. The maximum absolute atomic E-state index is 13.1. The van der Waals surface area contributed by atoms with E-state index in [1.807, 2.05) is 35.2 Å². The molecule has 1 fully saturated rings. The average Bonchev–Trinajstić information content (AvgIpc) is 2.75. The van der Waals surface area contributed by atoms with Crippen LogP contribution in [-0.4, -0.2) is 59.3 Å². The number of nitrogens with one attached hydrogen (secondary N) is 2. The fourth-order valence-corrected chi connectivity index (χ4v) is 5.48. The van der Waals surface area contributed by atoms with E-state index in [2.05, 4.69) is 10.0 Å². The Morgan fingerprint density at radius 1 is 1.00 bits per heavy atom. The predicted octanol–water partition coefficient (Wildman–Crippen LogP) is 0.824. The molecule has 8 nitrogen and oxygen atoms in total. The molecule has 1 aliphatic heterocycles. The minimum atomic E-state index is -3.34. The Balaban J connectivity index is 1.68. The van der Waals surface area contributed by atoms with E-state index in [4.69, 9.17) is 0 Å². The van der Waals surface area contributed by atoms with Crippen molar-refractivity contribution >= 4 is 25.8 Å². The molecule has 0 radical (unpaired) electrons. The lowest BCUT2D eigenvalue weighted by molar-refractivity contribution is -0.126. The number of sulfone groups is 1. The summed E-state index contributed by atoms with van der Waals surface area (Å²) in [4.78, 5) is 15.0. The van der Waals surface area contributed by atoms with E-state index in [0.29, 0.717) is 18.7 Å². The summed E-state index contributed by atoms with van der Waals surface area (Å²) in [7, 11) is -5.02. The highest BCUT2D eigenvalue weighted by Crippen LogP contribution is 2.23. The van der Waals surface area contributed by atoms with E-state index in [1.165, 1.54) is 7.05 Å². The summed E-state index contributed by atoms with van der Waals surface area (Å²) in [5.41, 5.74) is 2.31. The highest BCUT2D eigenvalue weighted by Gasteiger charge is 2.32. The summed E-state index contributed by atoms with van der Waals surface area (Å²) in [6, 6.07) is 15.8. The first-order valence-electron chi connectivity index (χ1n) is 9.95. The summed E-state index contributed by atoms with van der Waals surface area (Å²) >= 11 is 0. The number of benzene rings is 2. The highest BCUT2D eigenvalue weighted by atomic mass is 32.2. The lowest BCUT2D eigenvalue weighted by atomic mass is 10.0. The van der Waals surface area contributed by atoms with Gasteiger partial charge in [-0.2, -0.15) is 0 Å². The van der Waals surface area contributed by atoms with Crippen molar-refractivity contribution in [3.8, 4) is 0 Å². The third kappa shape index (κ3) is 6.60. The van der Waals surface area contributed by atoms with Gasteiger partial charge >= 0.3 is 0 Å². The molecular weight excluding hydrogens is 438 g/mol. The largest absolute Gasteiger partial charge is 0.350 e. The lowest BCUT2D eigenvalue weighted by Gasteiger charge is -2.33. The molecule has 1 heterocycles. The standard InChI is InChI=1S/C21H27N3O5S2/c1-22-31(28,29)16-18-9-7-17(8-10-18)15-23-21(25)20(19-5-3-2-4-6-19)24-11-13-30(26,27)14-12-24/h2-10,20,22H,11-16H2,1H3,(H,23,25). The van der Waals surface area contributed by atoms with E-state index >= 15 is 0 Å². The zero-order valence-corrected chi connectivity index (χ0v) is 19.0. The molecule has 10 heteroatoms. The molecule has 1 aliphatic rings. The molecule has 168 valence electrons. The Morgan fingerprint density at radius 2 is 1.58 bits per heavy atom. The van der Waals surface area contributed by atoms with Crippen LogP contribution in [0.25, 0.3) is 0 Å². The number of hydrogen-bond donors (Lipinski definition) is 2. The lowest BCUT2D eigenvalue weighted by Crippen LogP contribution is -2.47. The van der Waals surface area contributed by atoms with Crippen LogP contribution in [0, 0.1) is 0 Å². The Bertz CT molecular complexity index is 1090. The summed E-state index contributed by atoms with van der Waals surface area (Å²) < 4.78 is 49.2. The highest BCUT2D eigenvalue weighted by molar-refractivity contribution is 7.91. The smallest absolute Gasteiger partial charge is 0.242 e. The van der Waals surface area contributed by atoms with Crippen molar-refractivity contribution in [2.24, 2.45) is 0 Å². The van der Waals surface area contributed by atoms with Crippen molar-refractivity contribution in [2.75, 3.05) is 31.6 Å². The van der Waals surface area contributed by atoms with Crippen LogP contribution in [0.3, 0.4) is 0 Å². The fraction of sp³-hybridized carbons (Fsp3) is 0.381. The Kier molecular flexibility index (Phi) is 7.47. The molecule has 3 rings (SSSR count). The second-order valence-corrected chi connectivity index (χ2v) is 11.7. The topological polar surface area (TPSA) is 113 Å². The van der Waals surface area contributed by atoms with Gasteiger partial charge in [0, 0.05) is 19.6 Å². The molecule has 0 aromatic heterocycles. The van der Waals surface area contributed by atoms with Gasteiger partial charge in [-0.05, 0) is 23.7 Å². The SMILES string of the molecule is CNS(=O)(=O)Cc1ccc(CNC(=O)C(c2ccccc2)N2CCS(=O)(=O)CC2)cc1. The van der Waals surface area contributed by atoms with Crippen molar-refractivity contribution in [3.63, 3.8) is 0 Å². The predicted molar refractivity (Wildman–Crippen MR) is 119 cm³/mol. The maximum Gasteiger partial charge on any atom is 0.242 e. The number of nitrogens with zero attached hydrogens (tertiary/aromatic N) is 1. The Labute approximate surface area is 183 Å². The van der Waals surface area contributed by atoms with E-state index in [0.717, 1.165) is 11.1 Å². The molecule has 31 heavy (non-hydrogen) atoms. The van der Waals surface area contributed by atoms with Crippen LogP contribution < -0.4 is 10.0 Å². The Morgan fingerprint density at radius 3 is 2.16 bits per heavy atom. The van der Waals surface area contributed by atoms with Gasteiger partial charge in [0.15, 0.2) is 9.84 Å². The number of sulfonamides is 1. The van der Waals surface area contributed by atoms with E-state index in [9.17, 15) is 21.6 Å². The molecule has 0 spiro atoms. The molecule has 2 aromatic rings. The third-order valence-electron chi connectivity index (χ3n) is 5.27. The normalized spacial score (nSPS) is 17.7. The van der Waals surface area contributed by atoms with Crippen LogP contribution in [0.4, 0.5) is 0 Å². The van der Waals surface area contributed by atoms with Crippen LogP contribution in [0.15, 0.2) is 54.6 Å². The van der Waals surface area contributed by atoms with E-state index in [1.54, 1.807) is 24.3 Å². The van der Waals surface area contributed by atoms with Crippen molar-refractivity contribution in [3.05, 3.63) is 71.3 Å². The van der Waals surface area contributed by atoms with Gasteiger partial charge in [-0.3, -0.25) is 9.69 Å². The van der Waals surface area contributed by atoms with Crippen molar-refractivity contribution < 1.29 is 21.6 Å². The van der Waals surface area contributed by atoms with Crippen LogP contribution >= 0.6 is 0 Å². The van der Waals surface area contributed by atoms with Crippen LogP contribution in [-0.2, 0) is 37.0 Å². The van der Waals surface area contributed by atoms with Gasteiger partial charge < -0.3 is 5.32 Å². The van der Waals surface area contributed by atoms with Gasteiger partial charge in [-0.25, -0.2) is 21.6 Å². The molecule has 0 aliphatic carbocycles. The Hall–Kier alpha value is -2.27. The van der Waals surface area contributed by atoms with Gasteiger partial charge in [-0.15, -0.1) is 0 Å². The van der Waals surface area contributed by atoms with Crippen LogP contribution in [0.5, 0.6) is 0 Å². The van der Waals surface area contributed by atoms with Gasteiger partial charge in [0.25, 0.3) is 0 Å². The zero-order chi connectivity index (χ0) is 22.5. The molecule has 1 amide bonds. The molecule has 0 saturated carbocycles. The molecule has 1 atom stereocenters. The zero-order valence-electron chi connectivity index (χ0n) is 17.3. The summed E-state index contributed by atoms with van der Waals surface area (Å²) in [6.07, 6.45) is 0. The van der Waals surface area contributed by atoms with Crippen LogP contribution in [0.1, 0.15) is 22.7 Å². The quantitative estimate of drug-likeness (QED) is 0.597. The fourth-order valence-electron chi connectivity index (χ4n) is 3.48. The van der Waals surface area contributed by atoms with Crippen molar-refractivity contribution in [1.82, 2.24) is 14.9 Å².